The third-order valence-electron chi connectivity index (χ3n) is 22.6. The lowest BCUT2D eigenvalue weighted by molar-refractivity contribution is -0.119. The summed E-state index contributed by atoms with van der Waals surface area (Å²) in [5.74, 6) is -1.71. The fourth-order valence-corrected chi connectivity index (χ4v) is 20.7. The van der Waals surface area contributed by atoms with Crippen molar-refractivity contribution in [2.45, 2.75) is 163 Å². The van der Waals surface area contributed by atoms with Gasteiger partial charge in [-0.05, 0) is 214 Å². The highest BCUT2D eigenvalue weighted by Gasteiger charge is 2.31. The normalized spacial score (nSPS) is 14.3. The number of aliphatic hydroxyl groups excluding tert-OH is 3. The van der Waals surface area contributed by atoms with Crippen LogP contribution >= 0.6 is 115 Å². The molecule has 23 nitrogen and oxygen atoms in total. The van der Waals surface area contributed by atoms with E-state index in [1.54, 1.807) is 53.2 Å². The number of aryl methyl sites for hydroxylation is 6. The van der Waals surface area contributed by atoms with Crippen LogP contribution < -0.4 is 49.5 Å². The van der Waals surface area contributed by atoms with Gasteiger partial charge in [-0.1, -0.05) is 164 Å². The predicted molar refractivity (Wildman–Crippen MR) is 544 cm³/mol. The van der Waals surface area contributed by atoms with E-state index >= 15 is 0 Å². The highest BCUT2D eigenvalue weighted by Crippen LogP contribution is 2.39. The molecule has 0 radical (unpaired) electrons. The average molecular weight is 2020 g/mol. The molecule has 0 bridgehead atoms. The Morgan fingerprint density at radius 3 is 1.17 bits per heavy atom. The monoisotopic (exact) mass is 2020 g/mol. The number of aromatic nitrogens is 6. The number of thiazole rings is 5. The van der Waals surface area contributed by atoms with Crippen LogP contribution in [0.1, 0.15) is 208 Å². The minimum Gasteiger partial charge on any atom is -0.391 e. The Morgan fingerprint density at radius 2 is 0.793 bits per heavy atom. The number of hydrogen-bond donors (Lipinski definition) is 12. The molecule has 135 heavy (non-hydrogen) atoms. The van der Waals surface area contributed by atoms with Crippen molar-refractivity contribution in [1.29, 1.82) is 0 Å². The molecule has 5 aromatic carbocycles. The number of nitrogens with one attached hydrogen (secondary N) is 5. The first kappa shape index (κ1) is 105. The lowest BCUT2D eigenvalue weighted by Crippen LogP contribution is -2.34. The largest absolute Gasteiger partial charge is 0.391 e. The smallest absolute Gasteiger partial charge is 0.268 e. The third kappa shape index (κ3) is 27.9. The Morgan fingerprint density at radius 1 is 0.422 bits per heavy atom. The predicted octanol–water partition coefficient (Wildman–Crippen LogP) is 20.3. The van der Waals surface area contributed by atoms with Crippen molar-refractivity contribution in [2.75, 3.05) is 26.2 Å². The molecule has 5 unspecified atom stereocenters. The zero-order valence-corrected chi connectivity index (χ0v) is 83.8. The number of allylic oxidation sites excluding steroid dienone is 12. The summed E-state index contributed by atoms with van der Waals surface area (Å²) in [4.78, 5) is 91.0. The van der Waals surface area contributed by atoms with Gasteiger partial charge in [0.25, 0.3) is 5.91 Å². The fourth-order valence-electron chi connectivity index (χ4n) is 15.0. The highest BCUT2D eigenvalue weighted by atomic mass is 35.5. The minimum absolute atomic E-state index is 0.0493. The maximum Gasteiger partial charge on any atom is 0.268 e. The lowest BCUT2D eigenvalue weighted by Gasteiger charge is -2.16. The molecule has 15 rings (SSSR count). The number of hydrogen-bond acceptors (Lipinski definition) is 22. The fraction of sp³-hybridized carbons (Fsp3) is 0.300. The molecular weight excluding hydrogens is 1910 g/mol. The molecule has 0 fully saturated rings. The molecule has 4 aliphatic carbocycles. The zero-order valence-electron chi connectivity index (χ0n) is 75.9. The molecule has 0 spiro atoms. The molecule has 0 saturated heterocycles. The van der Waals surface area contributed by atoms with E-state index in [9.17, 15) is 43.0 Å². The van der Waals surface area contributed by atoms with Crippen molar-refractivity contribution in [3.63, 3.8) is 0 Å². The molecular formula is C100H108Cl5F2N15O8S5. The Balaban J connectivity index is 0.000000162. The standard InChI is InChI=1S/C21H24ClN3OS.C20H21ClFN3O2S.C20H23ClN4OS.C20H22ClN3O2S.C19H18ClFN2O2S/c1-4-19-13(3)24-21(27-19)18(11-23)25-20(26)15-9-12(2)17(10-15)14-5-7-16(22)8-6-14;1-11-18(10-26)28-20(24-11)17(6-7-23)25-19(27)14-3-2-12(8-14)13-4-5-15(21)16(22)9-13;1-4-18-12(2)23-20(27-18)15(11-22)24-19(26)17-10-9-16(25(17)3)13-5-7-14(21)8-6-13;1-12-18(11-25)27-20(23-12)17(8-9-22)24-19(26)15-3-2-14(10-15)13-4-6-16(21)7-5-13;1-2-17(19-22-9-14(10-24)26-19)23-18(25)13-4-3-11(7-13)12-5-6-15(20)16(21)8-12/h5-9,18H,4,10-11,23H2,1-3H3,(H,25,26);2-5,9,17,26H,6-8,10,23H2,1H3,(H,25,27);5-10,15H,4,11,22H2,1-3H3,(H,24,26);2-7,17,25H,8-11,22H2,1H3,(H,24,26);3-6,8-9,17,24H,2,7,10H2,1H3,(H,23,25). The van der Waals surface area contributed by atoms with E-state index in [0.29, 0.717) is 120 Å². The number of rotatable bonds is 32. The van der Waals surface area contributed by atoms with Crippen LogP contribution in [0.25, 0.3) is 33.5 Å². The molecule has 5 amide bonds. The summed E-state index contributed by atoms with van der Waals surface area (Å²) in [5, 5.41) is 49.3. The maximum absolute atomic E-state index is 13.7. The molecule has 6 aromatic heterocycles. The van der Waals surface area contributed by atoms with Crippen LogP contribution in [0.5, 0.6) is 0 Å². The summed E-state index contributed by atoms with van der Waals surface area (Å²) in [5.41, 5.74) is 40.6. The summed E-state index contributed by atoms with van der Waals surface area (Å²) in [6, 6.07) is 34.5. The molecule has 6 heterocycles. The first-order chi connectivity index (χ1) is 64.8. The van der Waals surface area contributed by atoms with E-state index in [2.05, 4.69) is 65.4 Å². The molecule has 710 valence electrons. The van der Waals surface area contributed by atoms with Crippen LogP contribution in [0, 0.1) is 39.3 Å². The van der Waals surface area contributed by atoms with E-state index in [0.717, 1.165) is 131 Å². The van der Waals surface area contributed by atoms with Gasteiger partial charge in [-0.2, -0.15) is 0 Å². The van der Waals surface area contributed by atoms with Crippen LogP contribution in [-0.4, -0.2) is 101 Å². The summed E-state index contributed by atoms with van der Waals surface area (Å²) < 4.78 is 29.2. The summed E-state index contributed by atoms with van der Waals surface area (Å²) >= 11 is 36.7. The van der Waals surface area contributed by atoms with Crippen LogP contribution in [0.4, 0.5) is 8.78 Å². The van der Waals surface area contributed by atoms with E-state index in [1.807, 2.05) is 168 Å². The minimum atomic E-state index is -0.486. The van der Waals surface area contributed by atoms with E-state index in [1.165, 1.54) is 68.0 Å². The van der Waals surface area contributed by atoms with Crippen molar-refractivity contribution >= 4 is 167 Å². The van der Waals surface area contributed by atoms with Gasteiger partial charge in [0.2, 0.25) is 23.6 Å². The van der Waals surface area contributed by atoms with Crippen molar-refractivity contribution in [1.82, 2.24) is 56.1 Å². The topological polar surface area (TPSA) is 380 Å². The highest BCUT2D eigenvalue weighted by molar-refractivity contribution is 7.13. The van der Waals surface area contributed by atoms with Gasteiger partial charge in [-0.3, -0.25) is 24.0 Å². The number of amides is 5. The second-order valence-electron chi connectivity index (χ2n) is 31.9. The molecule has 11 aromatic rings. The van der Waals surface area contributed by atoms with Gasteiger partial charge in [-0.25, -0.2) is 33.7 Å². The number of benzene rings is 5. The molecule has 4 aliphatic rings. The number of halogens is 7. The van der Waals surface area contributed by atoms with Crippen LogP contribution in [0.15, 0.2) is 198 Å². The second-order valence-corrected chi connectivity index (χ2v) is 39.6. The lowest BCUT2D eigenvalue weighted by atomic mass is 10.0. The van der Waals surface area contributed by atoms with Gasteiger partial charge in [0.15, 0.2) is 0 Å². The van der Waals surface area contributed by atoms with Crippen LogP contribution in [0.3, 0.4) is 0 Å². The number of carbonyl (C=O) groups excluding carboxylic acids is 5. The van der Waals surface area contributed by atoms with Crippen molar-refractivity contribution in [3.05, 3.63) is 335 Å². The Bertz CT molecular complexity index is 6350. The Hall–Kier alpha value is -10.2. The molecule has 0 saturated carbocycles. The summed E-state index contributed by atoms with van der Waals surface area (Å²) in [7, 11) is 1.87. The second kappa shape index (κ2) is 50.2. The van der Waals surface area contributed by atoms with Crippen molar-refractivity contribution in [2.24, 2.45) is 30.0 Å². The van der Waals surface area contributed by atoms with Gasteiger partial charge in [0.1, 0.15) is 42.4 Å². The summed E-state index contributed by atoms with van der Waals surface area (Å²) in [6.07, 6.45) is 20.2. The van der Waals surface area contributed by atoms with E-state index < -0.39 is 11.6 Å². The number of aliphatic hydroxyl groups is 3. The van der Waals surface area contributed by atoms with Gasteiger partial charge in [0, 0.05) is 105 Å². The van der Waals surface area contributed by atoms with Crippen molar-refractivity contribution in [3.8, 4) is 11.3 Å². The molecule has 16 N–H and O–H groups in total. The quantitative estimate of drug-likeness (QED) is 0.0186. The Labute approximate surface area is 829 Å². The molecule has 0 aliphatic heterocycles. The van der Waals surface area contributed by atoms with Crippen LogP contribution in [0.2, 0.25) is 25.1 Å². The van der Waals surface area contributed by atoms with Crippen molar-refractivity contribution < 1.29 is 48.1 Å². The SMILES string of the molecule is CCC(NC(=O)C1=CC=C(c2ccc(Cl)c(F)c2)C1)c1ncc(CO)s1.CCc1sc(C(CN)NC(=O)C2=CC(C)=C(c3ccc(Cl)cc3)C2)nc1C.CCc1sc(C(CN)NC(=O)c2ccc(-c3ccc(Cl)cc3)n2C)nc1C.Cc1nc(C(CCN)NC(=O)C2=CC=C(c3ccc(Cl)c(F)c3)C2)sc1CO.Cc1nc(C(CCN)NC(=O)C2=CC=C(c3ccc(Cl)cc3)C2)sc1CO. The summed E-state index contributed by atoms with van der Waals surface area (Å²) in [6.45, 7) is 17.1. The van der Waals surface area contributed by atoms with E-state index in [4.69, 9.17) is 86.0 Å². The maximum atomic E-state index is 13.7. The number of carbonyl (C=O) groups is 5. The number of nitrogens with zero attached hydrogens (tertiary/aromatic N) is 6. The van der Waals surface area contributed by atoms with Gasteiger partial charge < -0.3 is 69.4 Å². The first-order valence-electron chi connectivity index (χ1n) is 43.7. The van der Waals surface area contributed by atoms with Gasteiger partial charge in [-0.15, -0.1) is 56.7 Å². The van der Waals surface area contributed by atoms with Crippen LogP contribution in [-0.2, 0) is 58.9 Å². The number of nitrogens with two attached hydrogens (primary N) is 4. The third-order valence-corrected chi connectivity index (χ3v) is 30.4. The first-order valence-corrected chi connectivity index (χ1v) is 49.7. The van der Waals surface area contributed by atoms with Gasteiger partial charge >= 0.3 is 0 Å². The van der Waals surface area contributed by atoms with E-state index in [-0.39, 0.29) is 89.6 Å². The van der Waals surface area contributed by atoms with Gasteiger partial charge in [0.05, 0.1) is 97.5 Å². The zero-order chi connectivity index (χ0) is 97.4. The average Bonchev–Trinajstić information content (AvgIpc) is 1.67. The molecule has 5 atom stereocenters. The molecule has 35 heteroatoms. The Kier molecular flexibility index (Phi) is 39.2.